The lowest BCUT2D eigenvalue weighted by Gasteiger charge is -2.33. The number of halogens is 1. The number of hydrogen-bond donors (Lipinski definition) is 1. The van der Waals surface area contributed by atoms with E-state index in [0.717, 1.165) is 15.4 Å². The molecule has 0 spiro atoms. The maximum absolute atomic E-state index is 13.9. The molecule has 1 atom stereocenters. The van der Waals surface area contributed by atoms with Crippen molar-refractivity contribution in [3.8, 4) is 0 Å². The molecule has 0 aromatic heterocycles. The zero-order valence-corrected chi connectivity index (χ0v) is 23.1. The van der Waals surface area contributed by atoms with E-state index in [1.54, 1.807) is 44.2 Å². The van der Waals surface area contributed by atoms with Crippen molar-refractivity contribution < 1.29 is 22.4 Å². The first-order chi connectivity index (χ1) is 17.9. The standard InChI is InChI=1S/C29H34FN3O4S/c1-20(2)31-29(35)23(5)32(18-24-14-16-25(30)17-15-24)28(34)19-33(27-13-9-10-21(3)22(27)4)38(36,37)26-11-7-6-8-12-26/h6-17,20,23H,18-19H2,1-5H3,(H,31,35)/t23-/m1/s1. The summed E-state index contributed by atoms with van der Waals surface area (Å²) in [6.07, 6.45) is 0. The average Bonchev–Trinajstić information content (AvgIpc) is 2.88. The van der Waals surface area contributed by atoms with E-state index < -0.39 is 34.3 Å². The van der Waals surface area contributed by atoms with Crippen LogP contribution in [-0.2, 0) is 26.2 Å². The Labute approximate surface area is 224 Å². The molecule has 0 fully saturated rings. The van der Waals surface area contributed by atoms with Gasteiger partial charge in [-0.2, -0.15) is 0 Å². The number of sulfonamides is 1. The maximum atomic E-state index is 13.9. The monoisotopic (exact) mass is 539 g/mol. The third-order valence-corrected chi connectivity index (χ3v) is 8.09. The number of anilines is 1. The van der Waals surface area contributed by atoms with E-state index in [1.807, 2.05) is 26.8 Å². The number of rotatable bonds is 10. The fraction of sp³-hybridized carbons (Fsp3) is 0.310. The number of aryl methyl sites for hydroxylation is 1. The third kappa shape index (κ3) is 6.77. The molecule has 0 radical (unpaired) electrons. The molecule has 0 saturated heterocycles. The molecule has 1 N–H and O–H groups in total. The predicted molar refractivity (Wildman–Crippen MR) is 147 cm³/mol. The first-order valence-corrected chi connectivity index (χ1v) is 13.8. The van der Waals surface area contributed by atoms with E-state index in [1.165, 1.54) is 41.3 Å². The molecule has 0 aliphatic heterocycles. The number of carbonyl (C=O) groups is 2. The molecule has 0 aliphatic rings. The summed E-state index contributed by atoms with van der Waals surface area (Å²) >= 11 is 0. The molecule has 3 rings (SSSR count). The van der Waals surface area contributed by atoms with Crippen LogP contribution < -0.4 is 9.62 Å². The molecule has 9 heteroatoms. The van der Waals surface area contributed by atoms with Crippen LogP contribution in [0.5, 0.6) is 0 Å². The second kappa shape index (κ2) is 12.2. The van der Waals surface area contributed by atoms with Crippen molar-refractivity contribution in [1.29, 1.82) is 0 Å². The second-order valence-electron chi connectivity index (χ2n) is 9.53. The van der Waals surface area contributed by atoms with Crippen molar-refractivity contribution >= 4 is 27.5 Å². The van der Waals surface area contributed by atoms with Crippen molar-refractivity contribution in [3.05, 3.63) is 95.3 Å². The van der Waals surface area contributed by atoms with Gasteiger partial charge in [-0.25, -0.2) is 12.8 Å². The summed E-state index contributed by atoms with van der Waals surface area (Å²) in [5.41, 5.74) is 2.57. The Hall–Kier alpha value is -3.72. The molecular formula is C29H34FN3O4S. The molecule has 38 heavy (non-hydrogen) atoms. The van der Waals surface area contributed by atoms with E-state index in [9.17, 15) is 22.4 Å². The lowest BCUT2D eigenvalue weighted by molar-refractivity contribution is -0.139. The molecule has 3 aromatic rings. The SMILES string of the molecule is Cc1cccc(N(CC(=O)N(Cc2ccc(F)cc2)[C@H](C)C(=O)NC(C)C)S(=O)(=O)c2ccccc2)c1C. The fourth-order valence-corrected chi connectivity index (χ4v) is 5.51. The van der Waals surface area contributed by atoms with Crippen LogP contribution in [0, 0.1) is 19.7 Å². The Bertz CT molecular complexity index is 1380. The van der Waals surface area contributed by atoms with Crippen molar-refractivity contribution in [2.45, 2.75) is 58.1 Å². The molecule has 0 bridgehead atoms. The number of carbonyl (C=O) groups excluding carboxylic acids is 2. The predicted octanol–water partition coefficient (Wildman–Crippen LogP) is 4.58. The molecule has 0 saturated carbocycles. The largest absolute Gasteiger partial charge is 0.352 e. The Morgan fingerprint density at radius 3 is 2.13 bits per heavy atom. The minimum atomic E-state index is -4.13. The molecule has 2 amide bonds. The van der Waals surface area contributed by atoms with E-state index in [0.29, 0.717) is 11.3 Å². The van der Waals surface area contributed by atoms with Gasteiger partial charge in [0.1, 0.15) is 18.4 Å². The quantitative estimate of drug-likeness (QED) is 0.409. The van der Waals surface area contributed by atoms with Gasteiger partial charge in [-0.3, -0.25) is 13.9 Å². The second-order valence-corrected chi connectivity index (χ2v) is 11.4. The van der Waals surface area contributed by atoms with E-state index >= 15 is 0 Å². The third-order valence-electron chi connectivity index (χ3n) is 6.32. The minimum absolute atomic E-state index is 0.00216. The first-order valence-electron chi connectivity index (χ1n) is 12.4. The summed E-state index contributed by atoms with van der Waals surface area (Å²) in [5, 5.41) is 2.81. The average molecular weight is 540 g/mol. The van der Waals surface area contributed by atoms with Gasteiger partial charge in [0, 0.05) is 12.6 Å². The van der Waals surface area contributed by atoms with Gasteiger partial charge in [0.2, 0.25) is 11.8 Å². The summed E-state index contributed by atoms with van der Waals surface area (Å²) in [7, 11) is -4.13. The molecule has 0 aliphatic carbocycles. The lowest BCUT2D eigenvalue weighted by Crippen LogP contribution is -2.52. The van der Waals surface area contributed by atoms with Gasteiger partial charge in [0.05, 0.1) is 10.6 Å². The van der Waals surface area contributed by atoms with Crippen LogP contribution in [0.2, 0.25) is 0 Å². The molecular weight excluding hydrogens is 505 g/mol. The zero-order chi connectivity index (χ0) is 28.0. The zero-order valence-electron chi connectivity index (χ0n) is 22.3. The summed E-state index contributed by atoms with van der Waals surface area (Å²) in [6.45, 7) is 8.36. The Morgan fingerprint density at radius 1 is 0.895 bits per heavy atom. The van der Waals surface area contributed by atoms with E-state index in [2.05, 4.69) is 5.32 Å². The number of hydrogen-bond acceptors (Lipinski definition) is 4. The van der Waals surface area contributed by atoms with Crippen molar-refractivity contribution in [3.63, 3.8) is 0 Å². The van der Waals surface area contributed by atoms with E-state index in [-0.39, 0.29) is 23.4 Å². The highest BCUT2D eigenvalue weighted by Crippen LogP contribution is 2.29. The van der Waals surface area contributed by atoms with Gasteiger partial charge in [0.25, 0.3) is 10.0 Å². The van der Waals surface area contributed by atoms with Crippen molar-refractivity contribution in [1.82, 2.24) is 10.2 Å². The van der Waals surface area contributed by atoms with Gasteiger partial charge in [0.15, 0.2) is 0 Å². The number of nitrogens with one attached hydrogen (secondary N) is 1. The highest BCUT2D eigenvalue weighted by atomic mass is 32.2. The van der Waals surface area contributed by atoms with Gasteiger partial charge in [-0.15, -0.1) is 0 Å². The van der Waals surface area contributed by atoms with Crippen LogP contribution in [0.15, 0.2) is 77.7 Å². The lowest BCUT2D eigenvalue weighted by atomic mass is 10.1. The smallest absolute Gasteiger partial charge is 0.264 e. The Morgan fingerprint density at radius 2 is 1.53 bits per heavy atom. The highest BCUT2D eigenvalue weighted by Gasteiger charge is 2.33. The molecule has 3 aromatic carbocycles. The van der Waals surface area contributed by atoms with Crippen molar-refractivity contribution in [2.75, 3.05) is 10.8 Å². The summed E-state index contributed by atoms with van der Waals surface area (Å²) in [4.78, 5) is 28.2. The Kier molecular flexibility index (Phi) is 9.27. The normalized spacial score (nSPS) is 12.2. The summed E-state index contributed by atoms with van der Waals surface area (Å²) in [6, 6.07) is 17.7. The first kappa shape index (κ1) is 28.8. The molecule has 0 heterocycles. The topological polar surface area (TPSA) is 86.8 Å². The minimum Gasteiger partial charge on any atom is -0.352 e. The number of nitrogens with zero attached hydrogens (tertiary/aromatic N) is 2. The van der Waals surface area contributed by atoms with Crippen LogP contribution >= 0.6 is 0 Å². The van der Waals surface area contributed by atoms with Crippen LogP contribution in [0.3, 0.4) is 0 Å². The number of benzene rings is 3. The van der Waals surface area contributed by atoms with E-state index in [4.69, 9.17) is 0 Å². The van der Waals surface area contributed by atoms with Gasteiger partial charge in [-0.1, -0.05) is 42.5 Å². The van der Waals surface area contributed by atoms with Crippen LogP contribution in [0.1, 0.15) is 37.5 Å². The van der Waals surface area contributed by atoms with Gasteiger partial charge < -0.3 is 10.2 Å². The maximum Gasteiger partial charge on any atom is 0.264 e. The molecule has 202 valence electrons. The fourth-order valence-electron chi connectivity index (χ4n) is 4.01. The highest BCUT2D eigenvalue weighted by molar-refractivity contribution is 7.92. The van der Waals surface area contributed by atoms with Crippen LogP contribution in [-0.4, -0.2) is 43.8 Å². The van der Waals surface area contributed by atoms with Crippen molar-refractivity contribution in [2.24, 2.45) is 0 Å². The van der Waals surface area contributed by atoms with Gasteiger partial charge in [-0.05, 0) is 81.6 Å². The number of amides is 2. The Balaban J connectivity index is 2.06. The van der Waals surface area contributed by atoms with Crippen LogP contribution in [0.4, 0.5) is 10.1 Å². The summed E-state index contributed by atoms with van der Waals surface area (Å²) < 4.78 is 42.3. The van der Waals surface area contributed by atoms with Crippen LogP contribution in [0.25, 0.3) is 0 Å². The van der Waals surface area contributed by atoms with Gasteiger partial charge >= 0.3 is 0 Å². The molecule has 7 nitrogen and oxygen atoms in total. The molecule has 0 unspecified atom stereocenters. The summed E-state index contributed by atoms with van der Waals surface area (Å²) in [5.74, 6) is -1.37.